The predicted octanol–water partition coefficient (Wildman–Crippen LogP) is 3.09. The molecule has 2 N–H and O–H groups in total. The Labute approximate surface area is 157 Å². The van der Waals surface area contributed by atoms with Crippen molar-refractivity contribution in [2.24, 2.45) is 5.92 Å². The molecule has 2 aromatic rings. The van der Waals surface area contributed by atoms with Crippen LogP contribution in [0.5, 0.6) is 5.75 Å². The predicted molar refractivity (Wildman–Crippen MR) is 102 cm³/mol. The van der Waals surface area contributed by atoms with E-state index in [0.29, 0.717) is 22.7 Å². The van der Waals surface area contributed by atoms with Crippen molar-refractivity contribution in [2.45, 2.75) is 13.8 Å². The lowest BCUT2D eigenvalue weighted by molar-refractivity contribution is -0.150. The number of carbonyl (C=O) groups excluding carboxylic acids is 3. The second-order valence-corrected chi connectivity index (χ2v) is 6.07. The summed E-state index contributed by atoms with van der Waals surface area (Å²) in [6.45, 7) is 3.03. The summed E-state index contributed by atoms with van der Waals surface area (Å²) in [6, 6.07) is 13.4. The molecule has 2 aromatic carbocycles. The van der Waals surface area contributed by atoms with E-state index in [2.05, 4.69) is 10.6 Å². The standard InChI is InChI=1S/C20H22N2O5/c1-13(2)20(25)27-12-18(23)21-15-6-4-14(5-7-15)19(24)22-16-8-10-17(26-3)11-9-16/h4-11,13H,12H2,1-3H3,(H,21,23)(H,22,24). The summed E-state index contributed by atoms with van der Waals surface area (Å²) < 4.78 is 9.93. The topological polar surface area (TPSA) is 93.7 Å². The molecule has 0 aliphatic heterocycles. The molecule has 0 aromatic heterocycles. The number of rotatable bonds is 7. The molecular formula is C20H22N2O5. The lowest BCUT2D eigenvalue weighted by Crippen LogP contribution is -2.22. The van der Waals surface area contributed by atoms with E-state index < -0.39 is 11.9 Å². The lowest BCUT2D eigenvalue weighted by Gasteiger charge is -2.09. The number of benzene rings is 2. The lowest BCUT2D eigenvalue weighted by atomic mass is 10.2. The molecule has 2 amide bonds. The largest absolute Gasteiger partial charge is 0.497 e. The van der Waals surface area contributed by atoms with Gasteiger partial charge in [0, 0.05) is 16.9 Å². The van der Waals surface area contributed by atoms with Crippen LogP contribution in [-0.2, 0) is 14.3 Å². The van der Waals surface area contributed by atoms with Gasteiger partial charge in [0.05, 0.1) is 13.0 Å². The highest BCUT2D eigenvalue weighted by Gasteiger charge is 2.12. The average Bonchev–Trinajstić information content (AvgIpc) is 2.67. The number of anilines is 2. The van der Waals surface area contributed by atoms with E-state index >= 15 is 0 Å². The zero-order valence-electron chi connectivity index (χ0n) is 15.4. The fraction of sp³-hybridized carbons (Fsp3) is 0.250. The van der Waals surface area contributed by atoms with Gasteiger partial charge in [0.25, 0.3) is 11.8 Å². The third-order valence-corrected chi connectivity index (χ3v) is 3.60. The van der Waals surface area contributed by atoms with Crippen LogP contribution in [-0.4, -0.2) is 31.5 Å². The minimum atomic E-state index is -0.445. The number of nitrogens with one attached hydrogen (secondary N) is 2. The number of methoxy groups -OCH3 is 1. The second kappa shape index (κ2) is 9.38. The Morgan fingerprint density at radius 1 is 0.889 bits per heavy atom. The highest BCUT2D eigenvalue weighted by molar-refractivity contribution is 6.04. The van der Waals surface area contributed by atoms with Gasteiger partial charge in [-0.3, -0.25) is 14.4 Å². The first kappa shape index (κ1) is 20.0. The normalized spacial score (nSPS) is 10.2. The molecule has 0 unspecified atom stereocenters. The molecule has 0 atom stereocenters. The first-order valence-electron chi connectivity index (χ1n) is 8.41. The van der Waals surface area contributed by atoms with E-state index in [1.165, 1.54) is 0 Å². The van der Waals surface area contributed by atoms with Gasteiger partial charge in [0.2, 0.25) is 0 Å². The third-order valence-electron chi connectivity index (χ3n) is 3.60. The number of amides is 2. The average molecular weight is 370 g/mol. The first-order valence-corrected chi connectivity index (χ1v) is 8.41. The minimum absolute atomic E-state index is 0.274. The highest BCUT2D eigenvalue weighted by Crippen LogP contribution is 2.16. The minimum Gasteiger partial charge on any atom is -0.497 e. The quantitative estimate of drug-likeness (QED) is 0.731. The van der Waals surface area contributed by atoms with E-state index in [4.69, 9.17) is 9.47 Å². The fourth-order valence-corrected chi connectivity index (χ4v) is 2.08. The summed E-state index contributed by atoms with van der Waals surface area (Å²) in [4.78, 5) is 35.4. The maximum atomic E-state index is 12.3. The molecule has 0 radical (unpaired) electrons. The van der Waals surface area contributed by atoms with Crippen molar-refractivity contribution in [1.29, 1.82) is 0 Å². The van der Waals surface area contributed by atoms with Gasteiger partial charge in [0.1, 0.15) is 5.75 Å². The molecule has 27 heavy (non-hydrogen) atoms. The van der Waals surface area contributed by atoms with Gasteiger partial charge in [-0.2, -0.15) is 0 Å². The van der Waals surface area contributed by atoms with Crippen LogP contribution in [0.25, 0.3) is 0 Å². The van der Waals surface area contributed by atoms with Crippen molar-refractivity contribution in [1.82, 2.24) is 0 Å². The zero-order valence-corrected chi connectivity index (χ0v) is 15.4. The van der Waals surface area contributed by atoms with Gasteiger partial charge in [-0.25, -0.2) is 0 Å². The summed E-state index contributed by atoms with van der Waals surface area (Å²) in [7, 11) is 1.57. The molecule has 0 fully saturated rings. The Kier molecular flexibility index (Phi) is 6.93. The maximum Gasteiger partial charge on any atom is 0.308 e. The van der Waals surface area contributed by atoms with Gasteiger partial charge in [-0.05, 0) is 48.5 Å². The molecule has 0 aliphatic rings. The molecule has 0 saturated carbocycles. The molecule has 7 heteroatoms. The number of hydrogen-bond acceptors (Lipinski definition) is 5. The van der Waals surface area contributed by atoms with Crippen LogP contribution in [0.4, 0.5) is 11.4 Å². The molecule has 0 bridgehead atoms. The van der Waals surface area contributed by atoms with Crippen LogP contribution in [0.15, 0.2) is 48.5 Å². The summed E-state index contributed by atoms with van der Waals surface area (Å²) in [5.41, 5.74) is 1.58. The van der Waals surface area contributed by atoms with E-state index in [-0.39, 0.29) is 18.4 Å². The van der Waals surface area contributed by atoms with Crippen molar-refractivity contribution in [3.05, 3.63) is 54.1 Å². The van der Waals surface area contributed by atoms with Gasteiger partial charge >= 0.3 is 5.97 Å². The first-order chi connectivity index (χ1) is 12.9. The zero-order chi connectivity index (χ0) is 19.8. The van der Waals surface area contributed by atoms with Crippen molar-refractivity contribution < 1.29 is 23.9 Å². The van der Waals surface area contributed by atoms with E-state index in [1.54, 1.807) is 69.5 Å². The van der Waals surface area contributed by atoms with Crippen LogP contribution in [0.3, 0.4) is 0 Å². The van der Waals surface area contributed by atoms with Gasteiger partial charge in [-0.1, -0.05) is 13.8 Å². The molecule has 2 rings (SSSR count). The number of hydrogen-bond donors (Lipinski definition) is 2. The van der Waals surface area contributed by atoms with Gasteiger partial charge in [-0.15, -0.1) is 0 Å². The molecule has 0 saturated heterocycles. The van der Waals surface area contributed by atoms with Crippen LogP contribution < -0.4 is 15.4 Å². The van der Waals surface area contributed by atoms with Crippen molar-refractivity contribution in [2.75, 3.05) is 24.4 Å². The molecule has 0 heterocycles. The summed E-state index contributed by atoms with van der Waals surface area (Å²) in [5.74, 6) is -0.743. The van der Waals surface area contributed by atoms with E-state index in [1.807, 2.05) is 0 Å². The number of ether oxygens (including phenoxy) is 2. The molecule has 0 spiro atoms. The van der Waals surface area contributed by atoms with Crippen LogP contribution in [0, 0.1) is 5.92 Å². The fourth-order valence-electron chi connectivity index (χ4n) is 2.08. The third kappa shape index (κ3) is 6.14. The highest BCUT2D eigenvalue weighted by atomic mass is 16.5. The second-order valence-electron chi connectivity index (χ2n) is 6.07. The SMILES string of the molecule is COc1ccc(NC(=O)c2ccc(NC(=O)COC(=O)C(C)C)cc2)cc1. The van der Waals surface area contributed by atoms with Gasteiger partial charge < -0.3 is 20.1 Å². The van der Waals surface area contributed by atoms with E-state index in [0.717, 1.165) is 0 Å². The Bertz CT molecular complexity index is 798. The van der Waals surface area contributed by atoms with E-state index in [9.17, 15) is 14.4 Å². The number of esters is 1. The van der Waals surface area contributed by atoms with Crippen molar-refractivity contribution >= 4 is 29.2 Å². The summed E-state index contributed by atoms with van der Waals surface area (Å²) in [5, 5.41) is 5.38. The Hall–Kier alpha value is -3.35. The summed E-state index contributed by atoms with van der Waals surface area (Å²) >= 11 is 0. The Morgan fingerprint density at radius 2 is 1.44 bits per heavy atom. The van der Waals surface area contributed by atoms with Crippen molar-refractivity contribution in [3.63, 3.8) is 0 Å². The monoisotopic (exact) mass is 370 g/mol. The Morgan fingerprint density at radius 3 is 2.00 bits per heavy atom. The Balaban J connectivity index is 1.88. The maximum absolute atomic E-state index is 12.3. The summed E-state index contributed by atoms with van der Waals surface area (Å²) in [6.07, 6.45) is 0. The molecule has 7 nitrogen and oxygen atoms in total. The van der Waals surface area contributed by atoms with Gasteiger partial charge in [0.15, 0.2) is 6.61 Å². The van der Waals surface area contributed by atoms with Crippen molar-refractivity contribution in [3.8, 4) is 5.75 Å². The van der Waals surface area contributed by atoms with Crippen LogP contribution in [0.2, 0.25) is 0 Å². The van der Waals surface area contributed by atoms with Crippen LogP contribution >= 0.6 is 0 Å². The smallest absolute Gasteiger partial charge is 0.308 e. The number of carbonyl (C=O) groups is 3. The molecular weight excluding hydrogens is 348 g/mol. The molecule has 0 aliphatic carbocycles. The molecule has 142 valence electrons. The van der Waals surface area contributed by atoms with Crippen LogP contribution in [0.1, 0.15) is 24.2 Å².